The number of hydrogen-bond acceptors (Lipinski definition) is 2. The largest absolute Gasteiger partial charge is 0.382 e. The van der Waals surface area contributed by atoms with Crippen LogP contribution in [0.5, 0.6) is 0 Å². The number of benzene rings is 1. The van der Waals surface area contributed by atoms with Crippen molar-refractivity contribution >= 4 is 17.3 Å². The fourth-order valence-electron chi connectivity index (χ4n) is 3.09. The molecule has 2 unspecified atom stereocenters. The van der Waals surface area contributed by atoms with Gasteiger partial charge in [-0.25, -0.2) is 0 Å². The predicted octanol–water partition coefficient (Wildman–Crippen LogP) is 4.27. The van der Waals surface area contributed by atoms with Gasteiger partial charge in [-0.2, -0.15) is 0 Å². The molecule has 0 saturated heterocycles. The van der Waals surface area contributed by atoms with E-state index in [0.717, 1.165) is 23.2 Å². The van der Waals surface area contributed by atoms with Crippen molar-refractivity contribution < 1.29 is 4.79 Å². The zero-order valence-corrected chi connectivity index (χ0v) is 12.8. The first kappa shape index (κ1) is 14.9. The molecule has 1 aromatic carbocycles. The molecule has 1 aromatic rings. The molecule has 2 atom stereocenters. The second-order valence-corrected chi connectivity index (χ2v) is 6.27. The Morgan fingerprint density at radius 1 is 1.25 bits per heavy atom. The molecule has 2 rings (SSSR count). The first-order chi connectivity index (χ1) is 9.54. The minimum absolute atomic E-state index is 0.0281. The fraction of sp³-hybridized carbons (Fsp3) is 0.588. The molecular formula is C17H26N2O. The zero-order valence-electron chi connectivity index (χ0n) is 12.8. The summed E-state index contributed by atoms with van der Waals surface area (Å²) in [6.07, 6.45) is 5.17. The third-order valence-electron chi connectivity index (χ3n) is 4.21. The Morgan fingerprint density at radius 3 is 2.70 bits per heavy atom. The van der Waals surface area contributed by atoms with Crippen molar-refractivity contribution in [2.45, 2.75) is 52.5 Å². The summed E-state index contributed by atoms with van der Waals surface area (Å²) in [5.74, 6) is 1.57. The van der Waals surface area contributed by atoms with E-state index in [1.54, 1.807) is 0 Å². The molecule has 1 amide bonds. The monoisotopic (exact) mass is 274 g/mol. The maximum Gasteiger partial charge on any atom is 0.221 e. The van der Waals surface area contributed by atoms with Crippen LogP contribution in [0.4, 0.5) is 11.4 Å². The van der Waals surface area contributed by atoms with Gasteiger partial charge in [-0.1, -0.05) is 32.8 Å². The maximum absolute atomic E-state index is 11.1. The highest BCUT2D eigenvalue weighted by Crippen LogP contribution is 2.31. The van der Waals surface area contributed by atoms with Crippen LogP contribution in [0.15, 0.2) is 24.3 Å². The molecule has 0 bridgehead atoms. The highest BCUT2D eigenvalue weighted by Gasteiger charge is 2.23. The molecule has 110 valence electrons. The molecule has 1 saturated carbocycles. The van der Waals surface area contributed by atoms with Crippen molar-refractivity contribution in [2.75, 3.05) is 10.6 Å². The number of hydrogen-bond donors (Lipinski definition) is 2. The van der Waals surface area contributed by atoms with Gasteiger partial charge < -0.3 is 10.6 Å². The van der Waals surface area contributed by atoms with Crippen LogP contribution in [0.25, 0.3) is 0 Å². The molecule has 0 heterocycles. The van der Waals surface area contributed by atoms with Crippen molar-refractivity contribution in [1.29, 1.82) is 0 Å². The Kier molecular flexibility index (Phi) is 5.05. The molecule has 0 spiro atoms. The number of carbonyl (C=O) groups is 1. The highest BCUT2D eigenvalue weighted by atomic mass is 16.1. The van der Waals surface area contributed by atoms with Crippen molar-refractivity contribution in [3.63, 3.8) is 0 Å². The summed E-state index contributed by atoms with van der Waals surface area (Å²) in [6, 6.07) is 8.55. The van der Waals surface area contributed by atoms with E-state index < -0.39 is 0 Å². The van der Waals surface area contributed by atoms with Crippen molar-refractivity contribution in [2.24, 2.45) is 11.8 Å². The summed E-state index contributed by atoms with van der Waals surface area (Å²) < 4.78 is 0. The van der Waals surface area contributed by atoms with E-state index in [2.05, 4.69) is 30.5 Å². The molecule has 0 radical (unpaired) electrons. The van der Waals surface area contributed by atoms with Gasteiger partial charge in [0.25, 0.3) is 0 Å². The second-order valence-electron chi connectivity index (χ2n) is 6.27. The van der Waals surface area contributed by atoms with Crippen LogP contribution in [-0.4, -0.2) is 11.9 Å². The summed E-state index contributed by atoms with van der Waals surface area (Å²) in [5, 5.41) is 6.46. The van der Waals surface area contributed by atoms with E-state index in [4.69, 9.17) is 0 Å². The Hall–Kier alpha value is -1.51. The van der Waals surface area contributed by atoms with Crippen molar-refractivity contribution in [1.82, 2.24) is 0 Å². The molecule has 20 heavy (non-hydrogen) atoms. The van der Waals surface area contributed by atoms with Crippen LogP contribution < -0.4 is 10.6 Å². The zero-order chi connectivity index (χ0) is 14.5. The van der Waals surface area contributed by atoms with Crippen LogP contribution in [0.2, 0.25) is 0 Å². The first-order valence-electron chi connectivity index (χ1n) is 7.69. The number of amides is 1. The summed E-state index contributed by atoms with van der Waals surface area (Å²) in [5.41, 5.74) is 1.96. The van der Waals surface area contributed by atoms with Gasteiger partial charge in [0.2, 0.25) is 5.91 Å². The highest BCUT2D eigenvalue weighted by molar-refractivity contribution is 5.89. The number of anilines is 2. The quantitative estimate of drug-likeness (QED) is 0.860. The molecule has 3 nitrogen and oxygen atoms in total. The lowest BCUT2D eigenvalue weighted by atomic mass is 9.79. The molecule has 1 aliphatic rings. The Morgan fingerprint density at radius 2 is 2.00 bits per heavy atom. The average molecular weight is 274 g/mol. The SMILES string of the molecule is CC(=O)Nc1cccc(NC2CCCC(C(C)C)C2)c1. The molecule has 1 aliphatic carbocycles. The third-order valence-corrected chi connectivity index (χ3v) is 4.21. The minimum atomic E-state index is -0.0281. The lowest BCUT2D eigenvalue weighted by molar-refractivity contribution is -0.114. The van der Waals surface area contributed by atoms with Gasteiger partial charge in [0.05, 0.1) is 0 Å². The summed E-state index contributed by atoms with van der Waals surface area (Å²) >= 11 is 0. The van der Waals surface area contributed by atoms with E-state index >= 15 is 0 Å². The molecule has 1 fully saturated rings. The van der Waals surface area contributed by atoms with Gasteiger partial charge in [0, 0.05) is 24.3 Å². The average Bonchev–Trinajstić information content (AvgIpc) is 2.38. The van der Waals surface area contributed by atoms with Gasteiger partial charge in [-0.15, -0.1) is 0 Å². The maximum atomic E-state index is 11.1. The smallest absolute Gasteiger partial charge is 0.221 e. The lowest BCUT2D eigenvalue weighted by Crippen LogP contribution is -2.29. The molecule has 0 aliphatic heterocycles. The van der Waals surface area contributed by atoms with E-state index in [9.17, 15) is 4.79 Å². The van der Waals surface area contributed by atoms with Crippen molar-refractivity contribution in [3.05, 3.63) is 24.3 Å². The Labute approximate surface area is 122 Å². The second kappa shape index (κ2) is 6.78. The Bertz CT molecular complexity index is 456. The number of carbonyl (C=O) groups excluding carboxylic acids is 1. The minimum Gasteiger partial charge on any atom is -0.382 e. The molecular weight excluding hydrogens is 248 g/mol. The lowest BCUT2D eigenvalue weighted by Gasteiger charge is -2.32. The van der Waals surface area contributed by atoms with Crippen LogP contribution in [0.3, 0.4) is 0 Å². The van der Waals surface area contributed by atoms with Crippen LogP contribution >= 0.6 is 0 Å². The van der Waals surface area contributed by atoms with Gasteiger partial charge in [-0.05, 0) is 42.9 Å². The summed E-state index contributed by atoms with van der Waals surface area (Å²) in [4.78, 5) is 11.1. The standard InChI is InChI=1S/C17H26N2O/c1-12(2)14-6-4-7-15(10-14)19-17-9-5-8-16(11-17)18-13(3)20/h5,8-9,11-12,14-15,19H,4,6-7,10H2,1-3H3,(H,18,20). The topological polar surface area (TPSA) is 41.1 Å². The van der Waals surface area contributed by atoms with Gasteiger partial charge in [0.15, 0.2) is 0 Å². The van der Waals surface area contributed by atoms with E-state index in [-0.39, 0.29) is 5.91 Å². The van der Waals surface area contributed by atoms with E-state index in [1.807, 2.05) is 18.2 Å². The van der Waals surface area contributed by atoms with E-state index in [0.29, 0.717) is 6.04 Å². The third kappa shape index (κ3) is 4.26. The molecule has 3 heteroatoms. The van der Waals surface area contributed by atoms with Crippen LogP contribution in [0, 0.1) is 11.8 Å². The summed E-state index contributed by atoms with van der Waals surface area (Å²) in [6.45, 7) is 6.18. The number of rotatable bonds is 4. The van der Waals surface area contributed by atoms with Gasteiger partial charge >= 0.3 is 0 Å². The first-order valence-corrected chi connectivity index (χ1v) is 7.69. The van der Waals surface area contributed by atoms with E-state index in [1.165, 1.54) is 32.6 Å². The van der Waals surface area contributed by atoms with Gasteiger partial charge in [0.1, 0.15) is 0 Å². The van der Waals surface area contributed by atoms with Gasteiger partial charge in [-0.3, -0.25) is 4.79 Å². The fourth-order valence-corrected chi connectivity index (χ4v) is 3.09. The summed E-state index contributed by atoms with van der Waals surface area (Å²) in [7, 11) is 0. The molecule has 0 aromatic heterocycles. The van der Waals surface area contributed by atoms with Crippen LogP contribution in [0.1, 0.15) is 46.5 Å². The Balaban J connectivity index is 1.97. The normalized spacial score (nSPS) is 22.6. The molecule has 2 N–H and O–H groups in total. The van der Waals surface area contributed by atoms with Crippen LogP contribution in [-0.2, 0) is 4.79 Å². The van der Waals surface area contributed by atoms with Crippen molar-refractivity contribution in [3.8, 4) is 0 Å². The number of nitrogens with one attached hydrogen (secondary N) is 2. The predicted molar refractivity (Wildman–Crippen MR) is 85.0 cm³/mol.